The molecule has 0 aliphatic carbocycles. The Kier molecular flexibility index (Phi) is 10.3. The first-order valence-corrected chi connectivity index (χ1v) is 10.9. The van der Waals surface area contributed by atoms with Gasteiger partial charge in [-0.15, -0.1) is 0 Å². The molecule has 0 bridgehead atoms. The zero-order valence-electron chi connectivity index (χ0n) is 19.1. The number of carbonyl (C=O) groups excluding carboxylic acids is 2. The zero-order chi connectivity index (χ0) is 25.1. The third-order valence-electron chi connectivity index (χ3n) is 5.00. The number of hydrogen-bond acceptors (Lipinski definition) is 7. The molecule has 0 aromatic heterocycles. The van der Waals surface area contributed by atoms with Gasteiger partial charge in [0.1, 0.15) is 24.1 Å². The summed E-state index contributed by atoms with van der Waals surface area (Å²) in [6, 6.07) is 14.1. The Morgan fingerprint density at radius 3 is 2.15 bits per heavy atom. The first-order chi connectivity index (χ1) is 16.1. The van der Waals surface area contributed by atoms with Gasteiger partial charge < -0.3 is 38.7 Å². The van der Waals surface area contributed by atoms with Crippen molar-refractivity contribution in [2.24, 2.45) is 27.9 Å². The quantitative estimate of drug-likeness (QED) is 0.105. The maximum Gasteiger partial charge on any atom is 0.245 e. The Morgan fingerprint density at radius 2 is 1.56 bits per heavy atom. The van der Waals surface area contributed by atoms with Crippen molar-refractivity contribution in [3.63, 3.8) is 0 Å². The largest absolute Gasteiger partial charge is 0.508 e. The zero-order valence-corrected chi connectivity index (χ0v) is 19.1. The van der Waals surface area contributed by atoms with Crippen LogP contribution < -0.4 is 38.9 Å². The fourth-order valence-corrected chi connectivity index (χ4v) is 3.35. The summed E-state index contributed by atoms with van der Waals surface area (Å²) in [6.45, 7) is 1.82. The van der Waals surface area contributed by atoms with Crippen LogP contribution in [0, 0.1) is 0 Å². The lowest BCUT2D eigenvalue weighted by Gasteiger charge is -2.23. The van der Waals surface area contributed by atoms with Crippen LogP contribution in [0.3, 0.4) is 0 Å². The molecule has 0 fully saturated rings. The monoisotopic (exact) mass is 470 g/mol. The second-order valence-corrected chi connectivity index (χ2v) is 7.99. The molecule has 0 saturated heterocycles. The van der Waals surface area contributed by atoms with E-state index in [-0.39, 0.29) is 36.6 Å². The highest BCUT2D eigenvalue weighted by Gasteiger charge is 2.24. The Hall–Kier alpha value is -3.67. The maximum atomic E-state index is 12.8. The highest BCUT2D eigenvalue weighted by molar-refractivity contribution is 5.91. The molecule has 0 aliphatic rings. The number of carbonyl (C=O) groups is 2. The number of aromatic hydroxyl groups is 1. The minimum absolute atomic E-state index is 0.104. The first-order valence-electron chi connectivity index (χ1n) is 10.9. The van der Waals surface area contributed by atoms with Crippen molar-refractivity contribution in [3.05, 3.63) is 65.7 Å². The summed E-state index contributed by atoms with van der Waals surface area (Å²) in [5.41, 5.74) is 24.1. The number of phenolic OH excluding ortho intramolecular Hbond substituents is 1. The van der Waals surface area contributed by atoms with Crippen molar-refractivity contribution < 1.29 is 14.7 Å². The van der Waals surface area contributed by atoms with E-state index in [2.05, 4.69) is 20.9 Å². The third kappa shape index (κ3) is 9.45. The summed E-state index contributed by atoms with van der Waals surface area (Å²) < 4.78 is 0. The van der Waals surface area contributed by atoms with Crippen LogP contribution >= 0.6 is 0 Å². The highest BCUT2D eigenvalue weighted by Crippen LogP contribution is 2.13. The molecule has 3 unspecified atom stereocenters. The van der Waals surface area contributed by atoms with Crippen LogP contribution in [0.5, 0.6) is 5.75 Å². The SMILES string of the molecule is CC(NC(=O)C(Cc1ccc(O)cc1)N=C(N)N)C(=O)NCC(Cc1ccccc1)NC(N)N. The highest BCUT2D eigenvalue weighted by atomic mass is 16.3. The number of nitrogens with zero attached hydrogens (tertiary/aromatic N) is 1. The van der Waals surface area contributed by atoms with Crippen LogP contribution in [0.25, 0.3) is 0 Å². The molecule has 0 aliphatic heterocycles. The van der Waals surface area contributed by atoms with Crippen molar-refractivity contribution in [3.8, 4) is 5.75 Å². The number of hydrogen-bond donors (Lipinski definition) is 8. The first kappa shape index (κ1) is 26.6. The molecule has 2 aromatic carbocycles. The topological polar surface area (TPSA) is 207 Å². The predicted molar refractivity (Wildman–Crippen MR) is 131 cm³/mol. The number of guanidine groups is 1. The van der Waals surface area contributed by atoms with Crippen molar-refractivity contribution in [2.75, 3.05) is 6.54 Å². The van der Waals surface area contributed by atoms with Gasteiger partial charge in [-0.1, -0.05) is 42.5 Å². The van der Waals surface area contributed by atoms with Crippen LogP contribution in [0.4, 0.5) is 0 Å². The molecule has 11 heteroatoms. The van der Waals surface area contributed by atoms with E-state index in [9.17, 15) is 14.7 Å². The number of amides is 2. The predicted octanol–water partition coefficient (Wildman–Crippen LogP) is -1.40. The van der Waals surface area contributed by atoms with E-state index in [1.54, 1.807) is 19.1 Å². The molecule has 0 heterocycles. The molecular formula is C23H34N8O3. The Morgan fingerprint density at radius 1 is 0.941 bits per heavy atom. The van der Waals surface area contributed by atoms with Gasteiger partial charge in [-0.05, 0) is 36.6 Å². The average Bonchev–Trinajstić information content (AvgIpc) is 2.78. The normalized spacial score (nSPS) is 13.5. The lowest BCUT2D eigenvalue weighted by molar-refractivity contribution is -0.129. The summed E-state index contributed by atoms with van der Waals surface area (Å²) in [5, 5.41) is 17.9. The standard InChI is InChI=1S/C23H34N8O3/c1-14(20(33)28-13-17(30-22(24)25)11-15-5-3-2-4-6-15)29-21(34)19(31-23(26)27)12-16-7-9-18(32)10-8-16/h2-10,14,17,19,22,30,32H,11-13,24-25H2,1H3,(H,28,33)(H,29,34)(H4,26,27,31). The Bertz CT molecular complexity index is 946. The van der Waals surface area contributed by atoms with E-state index in [1.165, 1.54) is 12.1 Å². The van der Waals surface area contributed by atoms with E-state index >= 15 is 0 Å². The lowest BCUT2D eigenvalue weighted by Crippen LogP contribution is -2.56. The van der Waals surface area contributed by atoms with Gasteiger partial charge in [0.05, 0.1) is 0 Å². The van der Waals surface area contributed by atoms with E-state index in [1.807, 2.05) is 30.3 Å². The molecular weight excluding hydrogens is 436 g/mol. The second-order valence-electron chi connectivity index (χ2n) is 7.99. The molecule has 2 amide bonds. The van der Waals surface area contributed by atoms with Crippen molar-refractivity contribution in [2.45, 2.75) is 44.2 Å². The van der Waals surface area contributed by atoms with E-state index in [0.717, 1.165) is 11.1 Å². The average molecular weight is 471 g/mol. The molecule has 11 nitrogen and oxygen atoms in total. The summed E-state index contributed by atoms with van der Waals surface area (Å²) in [6.07, 6.45) is 0.0462. The molecule has 2 rings (SSSR count). The van der Waals surface area contributed by atoms with Gasteiger partial charge in [0.15, 0.2) is 5.96 Å². The fourth-order valence-electron chi connectivity index (χ4n) is 3.35. The van der Waals surface area contributed by atoms with Crippen LogP contribution in [0.1, 0.15) is 18.1 Å². The molecule has 3 atom stereocenters. The number of phenols is 1. The lowest BCUT2D eigenvalue weighted by atomic mass is 10.0. The van der Waals surface area contributed by atoms with E-state index < -0.39 is 24.3 Å². The van der Waals surface area contributed by atoms with Crippen molar-refractivity contribution in [1.29, 1.82) is 0 Å². The molecule has 184 valence electrons. The smallest absolute Gasteiger partial charge is 0.245 e. The Balaban J connectivity index is 1.95. The third-order valence-corrected chi connectivity index (χ3v) is 5.00. The van der Waals surface area contributed by atoms with Gasteiger partial charge in [-0.25, -0.2) is 4.99 Å². The molecule has 0 saturated carbocycles. The minimum Gasteiger partial charge on any atom is -0.508 e. The van der Waals surface area contributed by atoms with Gasteiger partial charge >= 0.3 is 0 Å². The fraction of sp³-hybridized carbons (Fsp3) is 0.348. The summed E-state index contributed by atoms with van der Waals surface area (Å²) in [7, 11) is 0. The van der Waals surface area contributed by atoms with Gasteiger partial charge in [0, 0.05) is 19.0 Å². The van der Waals surface area contributed by atoms with E-state index in [4.69, 9.17) is 22.9 Å². The van der Waals surface area contributed by atoms with Gasteiger partial charge in [-0.3, -0.25) is 14.9 Å². The minimum atomic E-state index is -0.937. The number of nitrogens with two attached hydrogens (primary N) is 4. The van der Waals surface area contributed by atoms with Gasteiger partial charge in [0.25, 0.3) is 0 Å². The second kappa shape index (κ2) is 13.1. The maximum absolute atomic E-state index is 12.8. The summed E-state index contributed by atoms with van der Waals surface area (Å²) >= 11 is 0. The van der Waals surface area contributed by atoms with E-state index in [0.29, 0.717) is 6.42 Å². The van der Waals surface area contributed by atoms with Gasteiger partial charge in [0.2, 0.25) is 11.8 Å². The van der Waals surface area contributed by atoms with Crippen LogP contribution in [-0.4, -0.2) is 53.8 Å². The van der Waals surface area contributed by atoms with Crippen molar-refractivity contribution in [1.82, 2.24) is 16.0 Å². The number of aliphatic imine (C=N–C) groups is 1. The molecule has 12 N–H and O–H groups in total. The molecule has 2 aromatic rings. The number of rotatable bonds is 12. The Labute approximate surface area is 199 Å². The number of nitrogens with one attached hydrogen (secondary N) is 3. The summed E-state index contributed by atoms with van der Waals surface area (Å²) in [4.78, 5) is 29.4. The van der Waals surface area contributed by atoms with Crippen LogP contribution in [-0.2, 0) is 22.4 Å². The summed E-state index contributed by atoms with van der Waals surface area (Å²) in [5.74, 6) is -1.03. The molecule has 0 radical (unpaired) electrons. The van der Waals surface area contributed by atoms with Crippen LogP contribution in [0.2, 0.25) is 0 Å². The molecule has 34 heavy (non-hydrogen) atoms. The van der Waals surface area contributed by atoms with Gasteiger partial charge in [-0.2, -0.15) is 0 Å². The van der Waals surface area contributed by atoms with Crippen molar-refractivity contribution >= 4 is 17.8 Å². The molecule has 0 spiro atoms. The van der Waals surface area contributed by atoms with Crippen LogP contribution in [0.15, 0.2) is 59.6 Å². The number of benzene rings is 2.